The summed E-state index contributed by atoms with van der Waals surface area (Å²) in [6.07, 6.45) is 0.675. The fourth-order valence-electron chi connectivity index (χ4n) is 2.24. The largest absolute Gasteiger partial charge is 0.497 e. The van der Waals surface area contributed by atoms with Gasteiger partial charge < -0.3 is 15.4 Å². The predicted octanol–water partition coefficient (Wildman–Crippen LogP) is 3.36. The third-order valence-corrected chi connectivity index (χ3v) is 3.57. The van der Waals surface area contributed by atoms with Crippen molar-refractivity contribution in [1.29, 1.82) is 0 Å². The van der Waals surface area contributed by atoms with E-state index in [-0.39, 0.29) is 11.9 Å². The predicted molar refractivity (Wildman–Crippen MR) is 84.2 cm³/mol. The summed E-state index contributed by atoms with van der Waals surface area (Å²) in [5, 5.41) is 0. The normalized spacial score (nSPS) is 12.0. The average molecular weight is 288 g/mol. The number of nitrogens with zero attached hydrogens (tertiary/aromatic N) is 1. The van der Waals surface area contributed by atoms with Crippen LogP contribution in [0.3, 0.4) is 0 Å². The second kappa shape index (κ2) is 7.09. The average Bonchev–Trinajstić information content (AvgIpc) is 2.52. The van der Waals surface area contributed by atoms with E-state index in [0.717, 1.165) is 18.0 Å². The first-order valence-corrected chi connectivity index (χ1v) is 6.97. The zero-order valence-corrected chi connectivity index (χ0v) is 12.4. The van der Waals surface area contributed by atoms with Crippen LogP contribution < -0.4 is 15.4 Å². The van der Waals surface area contributed by atoms with Crippen LogP contribution in [-0.2, 0) is 0 Å². The maximum absolute atomic E-state index is 13.7. The Morgan fingerprint density at radius 3 is 2.67 bits per heavy atom. The summed E-state index contributed by atoms with van der Waals surface area (Å²) in [4.78, 5) is 2.09. The number of rotatable bonds is 6. The van der Waals surface area contributed by atoms with E-state index in [1.807, 2.05) is 37.4 Å². The zero-order chi connectivity index (χ0) is 15.2. The first kappa shape index (κ1) is 15.3. The molecule has 1 unspecified atom stereocenters. The van der Waals surface area contributed by atoms with Crippen molar-refractivity contribution in [3.63, 3.8) is 0 Å². The molecular weight excluding hydrogens is 267 g/mol. The lowest BCUT2D eigenvalue weighted by atomic mass is 10.0. The minimum atomic E-state index is -0.306. The second-order valence-electron chi connectivity index (χ2n) is 5.04. The lowest BCUT2D eigenvalue weighted by Gasteiger charge is -2.22. The molecule has 21 heavy (non-hydrogen) atoms. The van der Waals surface area contributed by atoms with E-state index in [4.69, 9.17) is 10.5 Å². The molecule has 0 aromatic heterocycles. The fraction of sp³-hybridized carbons (Fsp3) is 0.294. The third-order valence-electron chi connectivity index (χ3n) is 3.57. The molecule has 0 fully saturated rings. The van der Waals surface area contributed by atoms with Crippen LogP contribution in [0, 0.1) is 5.82 Å². The zero-order valence-electron chi connectivity index (χ0n) is 12.4. The van der Waals surface area contributed by atoms with Gasteiger partial charge in [-0.2, -0.15) is 0 Å². The Balaban J connectivity index is 1.97. The maximum atomic E-state index is 13.7. The molecule has 0 aliphatic heterocycles. The molecule has 112 valence electrons. The highest BCUT2D eigenvalue weighted by molar-refractivity contribution is 5.50. The van der Waals surface area contributed by atoms with Gasteiger partial charge in [0.05, 0.1) is 7.11 Å². The van der Waals surface area contributed by atoms with Gasteiger partial charge in [-0.3, -0.25) is 0 Å². The summed E-state index contributed by atoms with van der Waals surface area (Å²) in [5.41, 5.74) is 7.70. The van der Waals surface area contributed by atoms with Gasteiger partial charge in [0.25, 0.3) is 0 Å². The quantitative estimate of drug-likeness (QED) is 0.886. The Morgan fingerprint density at radius 2 is 1.95 bits per heavy atom. The van der Waals surface area contributed by atoms with Crippen molar-refractivity contribution in [3.8, 4) is 5.75 Å². The van der Waals surface area contributed by atoms with E-state index >= 15 is 0 Å². The highest BCUT2D eigenvalue weighted by Crippen LogP contribution is 2.22. The molecule has 0 radical (unpaired) electrons. The topological polar surface area (TPSA) is 38.5 Å². The van der Waals surface area contributed by atoms with Crippen molar-refractivity contribution in [1.82, 2.24) is 0 Å². The number of hydrogen-bond donors (Lipinski definition) is 1. The molecule has 0 bridgehead atoms. The molecule has 4 heteroatoms. The van der Waals surface area contributed by atoms with E-state index < -0.39 is 0 Å². The minimum absolute atomic E-state index is 0.242. The minimum Gasteiger partial charge on any atom is -0.497 e. The van der Waals surface area contributed by atoms with E-state index in [0.29, 0.717) is 12.0 Å². The van der Waals surface area contributed by atoms with Gasteiger partial charge in [-0.05, 0) is 24.6 Å². The summed E-state index contributed by atoms with van der Waals surface area (Å²) in [5.74, 6) is 0.576. The van der Waals surface area contributed by atoms with Crippen LogP contribution in [0.5, 0.6) is 5.75 Å². The molecule has 3 nitrogen and oxygen atoms in total. The van der Waals surface area contributed by atoms with Crippen LogP contribution in [0.2, 0.25) is 0 Å². The summed E-state index contributed by atoms with van der Waals surface area (Å²) in [7, 11) is 3.63. The van der Waals surface area contributed by atoms with Crippen molar-refractivity contribution in [3.05, 3.63) is 59.9 Å². The van der Waals surface area contributed by atoms with Crippen LogP contribution in [0.25, 0.3) is 0 Å². The van der Waals surface area contributed by atoms with Gasteiger partial charge in [-0.1, -0.05) is 24.3 Å². The standard InChI is InChI=1S/C17H21FN2O/c1-20(13-6-5-7-14(12-13)21-2)11-10-17(19)15-8-3-4-9-16(15)18/h3-9,12,17H,10-11,19H2,1-2H3. The Hall–Kier alpha value is -2.07. The second-order valence-corrected chi connectivity index (χ2v) is 5.04. The maximum Gasteiger partial charge on any atom is 0.127 e. The van der Waals surface area contributed by atoms with Crippen LogP contribution in [-0.4, -0.2) is 20.7 Å². The summed E-state index contributed by atoms with van der Waals surface area (Å²) >= 11 is 0. The monoisotopic (exact) mass is 288 g/mol. The van der Waals surface area contributed by atoms with Crippen LogP contribution in [0.4, 0.5) is 10.1 Å². The summed E-state index contributed by atoms with van der Waals surface area (Å²) in [6, 6.07) is 14.2. The van der Waals surface area contributed by atoms with E-state index in [1.54, 1.807) is 19.2 Å². The van der Waals surface area contributed by atoms with Crippen molar-refractivity contribution in [2.45, 2.75) is 12.5 Å². The first-order chi connectivity index (χ1) is 10.1. The number of methoxy groups -OCH3 is 1. The SMILES string of the molecule is COc1cccc(N(C)CCC(N)c2ccccc2F)c1. The van der Waals surface area contributed by atoms with Gasteiger partial charge in [0.15, 0.2) is 0 Å². The third kappa shape index (κ3) is 3.95. The van der Waals surface area contributed by atoms with Crippen molar-refractivity contribution in [2.24, 2.45) is 5.73 Å². The fourth-order valence-corrected chi connectivity index (χ4v) is 2.24. The van der Waals surface area contributed by atoms with Gasteiger partial charge in [-0.25, -0.2) is 4.39 Å². The van der Waals surface area contributed by atoms with Crippen LogP contribution >= 0.6 is 0 Å². The molecule has 0 heterocycles. The van der Waals surface area contributed by atoms with Crippen LogP contribution in [0.1, 0.15) is 18.0 Å². The van der Waals surface area contributed by atoms with E-state index in [9.17, 15) is 4.39 Å². The van der Waals surface area contributed by atoms with Crippen molar-refractivity contribution < 1.29 is 9.13 Å². The van der Waals surface area contributed by atoms with Gasteiger partial charge in [0, 0.05) is 37.0 Å². The highest BCUT2D eigenvalue weighted by atomic mass is 19.1. The molecule has 0 saturated carbocycles. The molecule has 2 N–H and O–H groups in total. The lowest BCUT2D eigenvalue weighted by molar-refractivity contribution is 0.415. The smallest absolute Gasteiger partial charge is 0.127 e. The number of halogens is 1. The molecule has 2 aromatic rings. The molecule has 2 rings (SSSR count). The molecular formula is C17H21FN2O. The van der Waals surface area contributed by atoms with Gasteiger partial charge in [-0.15, -0.1) is 0 Å². The molecule has 0 aliphatic carbocycles. The molecule has 0 amide bonds. The lowest BCUT2D eigenvalue weighted by Crippen LogP contribution is -2.23. The van der Waals surface area contributed by atoms with Gasteiger partial charge in [0.1, 0.15) is 11.6 Å². The number of nitrogens with two attached hydrogens (primary N) is 1. The molecule has 2 aromatic carbocycles. The summed E-state index contributed by atoms with van der Waals surface area (Å²) < 4.78 is 18.9. The Morgan fingerprint density at radius 1 is 1.19 bits per heavy atom. The number of benzene rings is 2. The van der Waals surface area contributed by atoms with E-state index in [2.05, 4.69) is 4.90 Å². The Bertz CT molecular complexity index is 589. The number of hydrogen-bond acceptors (Lipinski definition) is 3. The number of anilines is 1. The molecule has 0 aliphatic rings. The Kier molecular flexibility index (Phi) is 5.17. The van der Waals surface area contributed by atoms with Gasteiger partial charge in [0.2, 0.25) is 0 Å². The summed E-state index contributed by atoms with van der Waals surface area (Å²) in [6.45, 7) is 0.739. The number of ether oxygens (including phenoxy) is 1. The van der Waals surface area contributed by atoms with Crippen molar-refractivity contribution >= 4 is 5.69 Å². The van der Waals surface area contributed by atoms with Crippen molar-refractivity contribution in [2.75, 3.05) is 25.6 Å². The Labute approximate surface area is 125 Å². The molecule has 0 saturated heterocycles. The van der Waals surface area contributed by atoms with Crippen LogP contribution in [0.15, 0.2) is 48.5 Å². The molecule has 0 spiro atoms. The first-order valence-electron chi connectivity index (χ1n) is 6.97. The van der Waals surface area contributed by atoms with Gasteiger partial charge >= 0.3 is 0 Å². The molecule has 1 atom stereocenters. The van der Waals surface area contributed by atoms with E-state index in [1.165, 1.54) is 6.07 Å². The highest BCUT2D eigenvalue weighted by Gasteiger charge is 2.12.